The summed E-state index contributed by atoms with van der Waals surface area (Å²) in [5.74, 6) is -9.86. The molecule has 2 heterocycles. The van der Waals surface area contributed by atoms with Crippen LogP contribution < -0.4 is 60.6 Å². The number of carbonyl (C=O) groups excluding carboxylic acids is 8. The number of hydrogen-bond donors (Lipinski definition) is 13. The minimum absolute atomic E-state index is 0.0369. The van der Waals surface area contributed by atoms with Gasteiger partial charge in [-0.25, -0.2) is 0 Å². The van der Waals surface area contributed by atoms with E-state index in [9.17, 15) is 53.4 Å². The van der Waals surface area contributed by atoms with E-state index in [-0.39, 0.29) is 87.9 Å². The van der Waals surface area contributed by atoms with Crippen molar-refractivity contribution in [3.05, 3.63) is 41.7 Å². The summed E-state index contributed by atoms with van der Waals surface area (Å²) < 4.78 is 1.47. The van der Waals surface area contributed by atoms with Crippen LogP contribution in [-0.4, -0.2) is 140 Å². The van der Waals surface area contributed by atoms with Gasteiger partial charge in [-0.2, -0.15) is 0 Å². The van der Waals surface area contributed by atoms with Crippen LogP contribution >= 0.6 is 0 Å². The first-order valence-electron chi connectivity index (χ1n) is 23.6. The smallest absolute Gasteiger partial charge is 0.303 e. The zero-order valence-corrected chi connectivity index (χ0v) is 40.8. The predicted molar refractivity (Wildman–Crippen MR) is 260 cm³/mol. The number of aliphatic carboxylic acids is 1. The minimum atomic E-state index is -1.49. The van der Waals surface area contributed by atoms with Crippen LogP contribution in [0.2, 0.25) is 0 Å². The molecule has 18 N–H and O–H groups in total. The van der Waals surface area contributed by atoms with Gasteiger partial charge >= 0.3 is 5.97 Å². The van der Waals surface area contributed by atoms with Crippen molar-refractivity contribution in [2.75, 3.05) is 13.1 Å². The number of ketones is 1. The topological polar surface area (TPSA) is 452 Å². The van der Waals surface area contributed by atoms with E-state index in [1.807, 2.05) is 0 Å². The number of primary amides is 1. The number of Topliss-reactive ketones (excluding diaryl/α,β-unsaturated/α-hetero) is 1. The first kappa shape index (κ1) is 58.4. The van der Waals surface area contributed by atoms with Crippen LogP contribution in [-0.2, 0) is 62.5 Å². The standard InChI is InChI=1S/C45H70N16O11/c1-24(2)29-22-36(64)30(15-16-37(65)66)54-40(69)33(10-7-18-52-45(49)50)57-43(72)35(53-25(3)62)21-27-23-61(60-59-27)19-5-4-8-31(38(46)67)55-42(71)34(20-26-11-13-28(63)14-12-26)58-41(70)32(56-39(29)68)9-6-17-51-44(47)48/h11-14,23-24,29-35,63H,4-10,15-22H2,1-3H3,(H2,46,67)(H,53,62)(H,54,69)(H,55,71)(H,56,68)(H,57,72)(H,58,70)(H,65,66)(H4,47,48,51)(H4,49,50,52)/t29-,30-,31+,32-,33-,34-,35+/m1/s1. The molecule has 0 fully saturated rings. The summed E-state index contributed by atoms with van der Waals surface area (Å²) in [6.07, 6.45) is 0.600. The highest BCUT2D eigenvalue weighted by atomic mass is 16.4. The molecule has 2 bridgehead atoms. The van der Waals surface area contributed by atoms with Gasteiger partial charge in [0, 0.05) is 64.4 Å². The molecule has 1 aromatic heterocycles. The Morgan fingerprint density at radius 2 is 1.31 bits per heavy atom. The second kappa shape index (κ2) is 29.3. The lowest BCUT2D eigenvalue weighted by molar-refractivity contribution is -0.139. The molecule has 1 aliphatic rings. The van der Waals surface area contributed by atoms with E-state index >= 15 is 0 Å². The fourth-order valence-corrected chi connectivity index (χ4v) is 7.67. The molecule has 0 unspecified atom stereocenters. The van der Waals surface area contributed by atoms with Crippen LogP contribution in [0.4, 0.5) is 0 Å². The number of fused-ring (bicyclic) bond motifs is 2. The fraction of sp³-hybridized carbons (Fsp3) is 0.578. The number of guanidine groups is 2. The maximum absolute atomic E-state index is 14.3. The highest BCUT2D eigenvalue weighted by Crippen LogP contribution is 2.20. The average molecular weight is 1010 g/mol. The number of aryl methyl sites for hydroxylation is 1. The molecule has 0 radical (unpaired) electrons. The average Bonchev–Trinajstić information content (AvgIpc) is 3.75. The number of phenolic OH excluding ortho intramolecular Hbond substituents is 1. The second-order valence-corrected chi connectivity index (χ2v) is 17.9. The molecule has 7 atom stereocenters. The van der Waals surface area contributed by atoms with Crippen LogP contribution in [0, 0.1) is 11.8 Å². The molecule has 396 valence electrons. The first-order chi connectivity index (χ1) is 34.0. The lowest BCUT2D eigenvalue weighted by Crippen LogP contribution is -2.57. The van der Waals surface area contributed by atoms with Crippen molar-refractivity contribution in [3.63, 3.8) is 0 Å². The number of carboxylic acid groups (broad SMARTS) is 1. The highest BCUT2D eigenvalue weighted by molar-refractivity contribution is 5.97. The molecule has 27 nitrogen and oxygen atoms in total. The normalized spacial score (nSPS) is 22.4. The quantitative estimate of drug-likeness (QED) is 0.0442. The van der Waals surface area contributed by atoms with Crippen LogP contribution in [0.15, 0.2) is 40.4 Å². The summed E-state index contributed by atoms with van der Waals surface area (Å²) in [7, 11) is 0. The van der Waals surface area contributed by atoms with Gasteiger partial charge in [0.1, 0.15) is 36.0 Å². The molecule has 1 aliphatic heterocycles. The number of aromatic nitrogens is 3. The van der Waals surface area contributed by atoms with Gasteiger partial charge in [0.25, 0.3) is 0 Å². The summed E-state index contributed by atoms with van der Waals surface area (Å²) in [5, 5.41) is 43.6. The van der Waals surface area contributed by atoms with E-state index < -0.39 is 120 Å². The van der Waals surface area contributed by atoms with E-state index in [1.54, 1.807) is 13.8 Å². The number of carboxylic acids is 1. The van der Waals surface area contributed by atoms with Crippen LogP contribution in [0.25, 0.3) is 0 Å². The molecule has 1 aromatic carbocycles. The number of benzene rings is 1. The Hall–Kier alpha value is -7.87. The molecule has 0 spiro atoms. The number of nitrogens with zero attached hydrogens (tertiary/aromatic N) is 5. The Kier molecular flexibility index (Phi) is 23.8. The van der Waals surface area contributed by atoms with E-state index in [4.69, 9.17) is 28.7 Å². The number of nitrogens with one attached hydrogen (secondary N) is 6. The molecule has 27 heteroatoms. The third kappa shape index (κ3) is 21.0. The molecule has 0 saturated heterocycles. The number of amides is 7. The van der Waals surface area contributed by atoms with Crippen molar-refractivity contribution in [2.45, 2.75) is 141 Å². The summed E-state index contributed by atoms with van der Waals surface area (Å²) >= 11 is 0. The zero-order chi connectivity index (χ0) is 53.5. The van der Waals surface area contributed by atoms with Gasteiger partial charge in [0.15, 0.2) is 17.7 Å². The Morgan fingerprint density at radius 3 is 1.85 bits per heavy atom. The lowest BCUT2D eigenvalue weighted by atomic mass is 9.86. The highest BCUT2D eigenvalue weighted by Gasteiger charge is 2.36. The maximum atomic E-state index is 14.3. The van der Waals surface area contributed by atoms with Crippen LogP contribution in [0.3, 0.4) is 0 Å². The SMILES string of the molecule is CC(=O)N[C@H]1Cc2cn(nn2)CCCC[C@@H](C(N)=O)NC(=O)[C@@H](Cc2ccc(O)cc2)NC(=O)[C@@H](CCCN=C(N)N)NC(=O)[C@@H](C(C)C)CC(=O)[C@@H](CCC(=O)O)NC(=O)[C@@H](CCCN=C(N)N)NC1=O. The number of hydrogen-bond acceptors (Lipinski definition) is 14. The lowest BCUT2D eigenvalue weighted by Gasteiger charge is -2.28. The van der Waals surface area contributed by atoms with E-state index in [0.29, 0.717) is 18.4 Å². The predicted octanol–water partition coefficient (Wildman–Crippen LogP) is -3.43. The van der Waals surface area contributed by atoms with Crippen molar-refractivity contribution in [1.82, 2.24) is 46.9 Å². The number of phenols is 1. The molecule has 72 heavy (non-hydrogen) atoms. The van der Waals surface area contributed by atoms with Crippen LogP contribution in [0.1, 0.15) is 96.2 Å². The summed E-state index contributed by atoms with van der Waals surface area (Å²) in [6.45, 7) is 4.80. The molecule has 0 saturated carbocycles. The summed E-state index contributed by atoms with van der Waals surface area (Å²) in [4.78, 5) is 130. The van der Waals surface area contributed by atoms with Gasteiger partial charge in [0.05, 0.1) is 11.7 Å². The first-order valence-corrected chi connectivity index (χ1v) is 23.6. The molecule has 0 aliphatic carbocycles. The second-order valence-electron chi connectivity index (χ2n) is 17.9. The maximum Gasteiger partial charge on any atom is 0.303 e. The van der Waals surface area contributed by atoms with Crippen molar-refractivity contribution in [3.8, 4) is 5.75 Å². The Balaban J connectivity index is 2.13. The van der Waals surface area contributed by atoms with E-state index in [1.165, 1.54) is 42.1 Å². The minimum Gasteiger partial charge on any atom is -0.508 e. The summed E-state index contributed by atoms with van der Waals surface area (Å²) in [5.41, 5.74) is 28.5. The van der Waals surface area contributed by atoms with Gasteiger partial charge < -0.3 is 70.8 Å². The van der Waals surface area contributed by atoms with Gasteiger partial charge in [-0.05, 0) is 75.0 Å². The van der Waals surface area contributed by atoms with Crippen molar-refractivity contribution in [1.29, 1.82) is 0 Å². The number of aromatic hydroxyl groups is 1. The molecule has 7 amide bonds. The summed E-state index contributed by atoms with van der Waals surface area (Å²) in [6, 6.07) is -2.26. The number of carbonyl (C=O) groups is 9. The number of nitrogens with two attached hydrogens (primary N) is 5. The zero-order valence-electron chi connectivity index (χ0n) is 40.8. The third-order valence-electron chi connectivity index (χ3n) is 11.6. The molecule has 2 aromatic rings. The monoisotopic (exact) mass is 1010 g/mol. The van der Waals surface area contributed by atoms with Crippen molar-refractivity contribution < 1.29 is 53.4 Å². The third-order valence-corrected chi connectivity index (χ3v) is 11.6. The Morgan fingerprint density at radius 1 is 0.750 bits per heavy atom. The van der Waals surface area contributed by atoms with Crippen molar-refractivity contribution in [2.24, 2.45) is 50.5 Å². The largest absolute Gasteiger partial charge is 0.508 e. The number of aliphatic imine (C=N–C) groups is 2. The van der Waals surface area contributed by atoms with Gasteiger partial charge in [-0.3, -0.25) is 57.8 Å². The van der Waals surface area contributed by atoms with Crippen molar-refractivity contribution >= 4 is 65.0 Å². The molecule has 3 rings (SSSR count). The Labute approximate surface area is 416 Å². The van der Waals surface area contributed by atoms with Gasteiger partial charge in [-0.1, -0.05) is 31.2 Å². The fourth-order valence-electron chi connectivity index (χ4n) is 7.67. The van der Waals surface area contributed by atoms with Gasteiger partial charge in [-0.15, -0.1) is 5.10 Å². The molecular weight excluding hydrogens is 941 g/mol. The number of rotatable bonds is 16. The molecular formula is C45H70N16O11. The van der Waals surface area contributed by atoms with Crippen LogP contribution in [0.5, 0.6) is 5.75 Å². The Bertz CT molecular complexity index is 2260. The van der Waals surface area contributed by atoms with Gasteiger partial charge in [0.2, 0.25) is 41.4 Å². The van der Waals surface area contributed by atoms with E-state index in [2.05, 4.69) is 52.2 Å². The van der Waals surface area contributed by atoms with E-state index in [0.717, 1.165) is 0 Å².